The van der Waals surface area contributed by atoms with E-state index in [0.29, 0.717) is 17.9 Å². The SMILES string of the molecule is C[C@@H]1CN2c3c(cc4c(N5CCSC5=O)noc4c3F)CC3(C(=O)NC(=O)NC3=O)C2[C@H](C)O1. The second-order valence-electron chi connectivity index (χ2n) is 8.98. The zero-order valence-corrected chi connectivity index (χ0v) is 19.0. The quantitative estimate of drug-likeness (QED) is 0.572. The van der Waals surface area contributed by atoms with Crippen LogP contribution in [0.3, 0.4) is 0 Å². The van der Waals surface area contributed by atoms with Gasteiger partial charge in [-0.2, -0.15) is 0 Å². The molecule has 5 heterocycles. The van der Waals surface area contributed by atoms with Gasteiger partial charge in [0.05, 0.1) is 29.3 Å². The number of hydrogen-bond donors (Lipinski definition) is 2. The maximum Gasteiger partial charge on any atom is 0.328 e. The number of nitrogens with one attached hydrogen (secondary N) is 2. The minimum Gasteiger partial charge on any atom is -0.372 e. The number of hydrogen-bond acceptors (Lipinski definition) is 9. The number of ether oxygens (including phenoxy) is 1. The summed E-state index contributed by atoms with van der Waals surface area (Å²) in [7, 11) is 0. The Morgan fingerprint density at radius 2 is 1.94 bits per heavy atom. The maximum atomic E-state index is 16.0. The summed E-state index contributed by atoms with van der Waals surface area (Å²) >= 11 is 1.13. The molecule has 2 N–H and O–H groups in total. The normalized spacial score (nSPS) is 28.3. The van der Waals surface area contributed by atoms with Crippen molar-refractivity contribution in [3.8, 4) is 0 Å². The predicted molar refractivity (Wildman–Crippen MR) is 118 cm³/mol. The number of halogens is 1. The number of benzene rings is 1. The molecule has 6 rings (SSSR count). The molecular weight excluding hydrogens is 469 g/mol. The molecule has 5 amide bonds. The Morgan fingerprint density at radius 1 is 1.21 bits per heavy atom. The zero-order chi connectivity index (χ0) is 23.9. The number of urea groups is 1. The van der Waals surface area contributed by atoms with E-state index in [1.807, 2.05) is 6.92 Å². The molecule has 1 spiro atoms. The van der Waals surface area contributed by atoms with E-state index < -0.39 is 41.2 Å². The third kappa shape index (κ3) is 2.70. The summed E-state index contributed by atoms with van der Waals surface area (Å²) in [5, 5.41) is 8.44. The summed E-state index contributed by atoms with van der Waals surface area (Å²) in [5.74, 6) is -1.43. The topological polar surface area (TPSA) is 134 Å². The van der Waals surface area contributed by atoms with Crippen molar-refractivity contribution in [1.29, 1.82) is 0 Å². The van der Waals surface area contributed by atoms with Crippen LogP contribution in [0.15, 0.2) is 10.6 Å². The average Bonchev–Trinajstić information content (AvgIpc) is 3.37. The van der Waals surface area contributed by atoms with Crippen LogP contribution in [0.2, 0.25) is 0 Å². The van der Waals surface area contributed by atoms with E-state index in [9.17, 15) is 19.2 Å². The third-order valence-corrected chi connectivity index (χ3v) is 7.82. The number of nitrogens with zero attached hydrogens (tertiary/aromatic N) is 3. The number of amides is 5. The summed E-state index contributed by atoms with van der Waals surface area (Å²) in [6.45, 7) is 4.15. The van der Waals surface area contributed by atoms with Gasteiger partial charge in [0.1, 0.15) is 0 Å². The summed E-state index contributed by atoms with van der Waals surface area (Å²) < 4.78 is 27.3. The predicted octanol–water partition coefficient (Wildman–Crippen LogP) is 1.53. The molecule has 1 aromatic heterocycles. The van der Waals surface area contributed by atoms with E-state index in [4.69, 9.17) is 9.26 Å². The van der Waals surface area contributed by atoms with E-state index in [2.05, 4.69) is 15.8 Å². The molecule has 0 bridgehead atoms. The molecule has 0 aliphatic carbocycles. The first-order valence-electron chi connectivity index (χ1n) is 10.9. The Kier molecular flexibility index (Phi) is 4.49. The standard InChI is InChI=1S/C21H20FN5O6S/c1-8-7-27-13-10(5-11-14(12(13)22)33-25-16(11)26-3-4-34-20(26)31)6-21(15(27)9(2)32-8)17(28)23-19(30)24-18(21)29/h5,8-9,15H,3-4,6-7H2,1-2H3,(H2,23,24,28,29,30)/t8-,9+,15?/m1/s1. The molecule has 4 aliphatic heterocycles. The van der Waals surface area contributed by atoms with Crippen LogP contribution in [-0.2, 0) is 20.7 Å². The van der Waals surface area contributed by atoms with Crippen LogP contribution in [0.25, 0.3) is 11.0 Å². The largest absolute Gasteiger partial charge is 0.372 e. The fourth-order valence-corrected chi connectivity index (χ4v) is 6.50. The number of rotatable bonds is 1. The van der Waals surface area contributed by atoms with E-state index in [1.165, 1.54) is 4.90 Å². The first-order valence-corrected chi connectivity index (χ1v) is 11.8. The van der Waals surface area contributed by atoms with Crippen LogP contribution in [0.5, 0.6) is 0 Å². The van der Waals surface area contributed by atoms with Crippen molar-refractivity contribution < 1.29 is 32.8 Å². The summed E-state index contributed by atoms with van der Waals surface area (Å²) in [6.07, 6.45) is -1.11. The Bertz CT molecular complexity index is 1280. The highest BCUT2D eigenvalue weighted by Crippen LogP contribution is 2.49. The minimum absolute atomic E-state index is 0.104. The van der Waals surface area contributed by atoms with E-state index >= 15 is 4.39 Å². The molecule has 3 atom stereocenters. The summed E-state index contributed by atoms with van der Waals surface area (Å²) in [5.41, 5.74) is -1.25. The Morgan fingerprint density at radius 3 is 2.62 bits per heavy atom. The number of imide groups is 2. The lowest BCUT2D eigenvalue weighted by molar-refractivity contribution is -0.153. The number of anilines is 2. The smallest absolute Gasteiger partial charge is 0.328 e. The lowest BCUT2D eigenvalue weighted by Crippen LogP contribution is -2.75. The molecule has 11 nitrogen and oxygen atoms in total. The first kappa shape index (κ1) is 21.4. The van der Waals surface area contributed by atoms with Gasteiger partial charge in [0.25, 0.3) is 5.24 Å². The Labute approximate surface area is 196 Å². The molecule has 1 unspecified atom stereocenters. The van der Waals surface area contributed by atoms with Crippen molar-refractivity contribution in [1.82, 2.24) is 15.8 Å². The molecule has 13 heteroatoms. The molecule has 1 aromatic carbocycles. The van der Waals surface area contributed by atoms with Gasteiger partial charge in [0.15, 0.2) is 17.1 Å². The summed E-state index contributed by atoms with van der Waals surface area (Å²) in [4.78, 5) is 53.7. The van der Waals surface area contributed by atoms with Gasteiger partial charge >= 0.3 is 6.03 Å². The molecule has 0 saturated carbocycles. The van der Waals surface area contributed by atoms with Crippen molar-refractivity contribution >= 4 is 57.3 Å². The van der Waals surface area contributed by atoms with E-state index in [-0.39, 0.29) is 46.8 Å². The average molecular weight is 489 g/mol. The Balaban J connectivity index is 1.58. The molecule has 34 heavy (non-hydrogen) atoms. The van der Waals surface area contributed by atoms with Crippen molar-refractivity contribution in [3.05, 3.63) is 17.4 Å². The van der Waals surface area contributed by atoms with Gasteiger partial charge in [-0.3, -0.25) is 29.9 Å². The van der Waals surface area contributed by atoms with Crippen LogP contribution in [0.1, 0.15) is 19.4 Å². The fourth-order valence-electron chi connectivity index (χ4n) is 5.72. The van der Waals surface area contributed by atoms with Gasteiger partial charge in [-0.15, -0.1) is 0 Å². The van der Waals surface area contributed by atoms with Crippen molar-refractivity contribution in [3.63, 3.8) is 0 Å². The molecule has 178 valence electrons. The number of morpholine rings is 1. The van der Waals surface area contributed by atoms with Gasteiger partial charge in [-0.25, -0.2) is 9.18 Å². The van der Waals surface area contributed by atoms with E-state index in [0.717, 1.165) is 11.8 Å². The number of barbiturate groups is 1. The molecule has 3 fully saturated rings. The van der Waals surface area contributed by atoms with Gasteiger partial charge in [-0.05, 0) is 25.5 Å². The highest BCUT2D eigenvalue weighted by Gasteiger charge is 2.63. The molecule has 0 radical (unpaired) electrons. The lowest BCUT2D eigenvalue weighted by Gasteiger charge is -2.55. The first-order chi connectivity index (χ1) is 16.2. The summed E-state index contributed by atoms with van der Waals surface area (Å²) in [6, 6.07) is -0.144. The highest BCUT2D eigenvalue weighted by atomic mass is 32.2. The van der Waals surface area contributed by atoms with Gasteiger partial charge < -0.3 is 14.2 Å². The number of carbonyl (C=O) groups is 4. The number of aromatic nitrogens is 1. The maximum absolute atomic E-state index is 16.0. The third-order valence-electron chi connectivity index (χ3n) is 6.96. The second kappa shape index (κ2) is 7.15. The van der Waals surface area contributed by atoms with Gasteiger partial charge in [0, 0.05) is 25.3 Å². The van der Waals surface area contributed by atoms with Gasteiger partial charge in [0.2, 0.25) is 17.4 Å². The van der Waals surface area contributed by atoms with Crippen LogP contribution in [0.4, 0.5) is 25.5 Å². The molecule has 2 aromatic rings. The monoisotopic (exact) mass is 489 g/mol. The van der Waals surface area contributed by atoms with Crippen molar-refractivity contribution in [2.24, 2.45) is 5.41 Å². The van der Waals surface area contributed by atoms with Crippen molar-refractivity contribution in [2.45, 2.75) is 38.5 Å². The van der Waals surface area contributed by atoms with Crippen LogP contribution in [0, 0.1) is 11.2 Å². The van der Waals surface area contributed by atoms with E-state index in [1.54, 1.807) is 17.9 Å². The fraction of sp³-hybridized carbons (Fsp3) is 0.476. The second-order valence-corrected chi connectivity index (χ2v) is 10.0. The minimum atomic E-state index is -1.72. The molecular formula is C21H20FN5O6S. The molecule has 3 saturated heterocycles. The zero-order valence-electron chi connectivity index (χ0n) is 18.2. The van der Waals surface area contributed by atoms with Crippen LogP contribution >= 0.6 is 11.8 Å². The van der Waals surface area contributed by atoms with Crippen molar-refractivity contribution in [2.75, 3.05) is 28.6 Å². The Hall–Kier alpha value is -3.19. The number of thioether (sulfide) groups is 1. The lowest BCUT2D eigenvalue weighted by atomic mass is 9.66. The van der Waals surface area contributed by atoms with Crippen LogP contribution in [-0.4, -0.2) is 65.3 Å². The van der Waals surface area contributed by atoms with Gasteiger partial charge in [-0.1, -0.05) is 16.9 Å². The number of carbonyl (C=O) groups excluding carboxylic acids is 4. The molecule has 4 aliphatic rings. The van der Waals surface area contributed by atoms with Crippen LogP contribution < -0.4 is 20.4 Å². The highest BCUT2D eigenvalue weighted by molar-refractivity contribution is 8.14. The number of fused-ring (bicyclic) bond motifs is 5.